The molecule has 5 nitrogen and oxygen atoms in total. The van der Waals surface area contributed by atoms with E-state index < -0.39 is 0 Å². The number of aromatic nitrogens is 4. The number of aryl methyl sites for hydroxylation is 1. The van der Waals surface area contributed by atoms with Crippen LogP contribution in [0.3, 0.4) is 0 Å². The number of imidazole rings is 1. The number of nitrogens with zero attached hydrogens (tertiary/aromatic N) is 4. The molecule has 0 unspecified atom stereocenters. The lowest BCUT2D eigenvalue weighted by molar-refractivity contribution is 0.762. The average Bonchev–Trinajstić information content (AvgIpc) is 3.16. The predicted octanol–water partition coefficient (Wildman–Crippen LogP) is 2.88. The molecular formula is C13H16IN5. The molecule has 1 aliphatic rings. The number of nitrogens with one attached hydrogen (secondary N) is 1. The van der Waals surface area contributed by atoms with Crippen molar-refractivity contribution in [2.75, 3.05) is 12.4 Å². The molecule has 2 aromatic rings. The smallest absolute Gasteiger partial charge is 0.180 e. The SMILES string of the molecule is CCn1cncc1-c1nc(NC)c(I)c(C2CC2)n1. The van der Waals surface area contributed by atoms with Gasteiger partial charge >= 0.3 is 0 Å². The predicted molar refractivity (Wildman–Crippen MR) is 83.2 cm³/mol. The van der Waals surface area contributed by atoms with Crippen molar-refractivity contribution >= 4 is 28.4 Å². The van der Waals surface area contributed by atoms with E-state index in [9.17, 15) is 0 Å². The maximum absolute atomic E-state index is 4.77. The summed E-state index contributed by atoms with van der Waals surface area (Å²) in [6, 6.07) is 0. The second kappa shape index (κ2) is 5.07. The summed E-state index contributed by atoms with van der Waals surface area (Å²) in [5, 5.41) is 3.17. The van der Waals surface area contributed by atoms with Crippen LogP contribution in [0.25, 0.3) is 11.5 Å². The van der Waals surface area contributed by atoms with Crippen LogP contribution < -0.4 is 5.32 Å². The first-order valence-electron chi connectivity index (χ1n) is 6.50. The maximum Gasteiger partial charge on any atom is 0.180 e. The molecule has 0 bridgehead atoms. The molecule has 19 heavy (non-hydrogen) atoms. The first-order valence-corrected chi connectivity index (χ1v) is 7.58. The summed E-state index contributed by atoms with van der Waals surface area (Å²) < 4.78 is 3.21. The highest BCUT2D eigenvalue weighted by Gasteiger charge is 2.29. The fourth-order valence-electron chi connectivity index (χ4n) is 2.13. The van der Waals surface area contributed by atoms with E-state index in [1.54, 1.807) is 0 Å². The van der Waals surface area contributed by atoms with Crippen molar-refractivity contribution in [1.29, 1.82) is 0 Å². The van der Waals surface area contributed by atoms with Gasteiger partial charge in [-0.2, -0.15) is 0 Å². The summed E-state index contributed by atoms with van der Waals surface area (Å²) >= 11 is 2.34. The molecule has 0 aromatic carbocycles. The Balaban J connectivity index is 2.13. The standard InChI is InChI=1S/C13H16IN5/c1-3-19-7-16-6-9(19)12-17-11(8-4-5-8)10(14)13(15-2)18-12/h6-8H,3-5H2,1-2H3,(H,15,17,18). The Hall–Kier alpha value is -1.18. The lowest BCUT2D eigenvalue weighted by Gasteiger charge is -2.11. The van der Waals surface area contributed by atoms with Gasteiger partial charge < -0.3 is 9.88 Å². The van der Waals surface area contributed by atoms with Crippen molar-refractivity contribution in [3.05, 3.63) is 21.8 Å². The Kier molecular flexibility index (Phi) is 3.42. The van der Waals surface area contributed by atoms with E-state index in [1.807, 2.05) is 19.6 Å². The summed E-state index contributed by atoms with van der Waals surface area (Å²) in [5.74, 6) is 2.29. The molecule has 0 radical (unpaired) electrons. The van der Waals surface area contributed by atoms with Crippen molar-refractivity contribution in [2.45, 2.75) is 32.2 Å². The van der Waals surface area contributed by atoms with E-state index in [4.69, 9.17) is 4.98 Å². The van der Waals surface area contributed by atoms with E-state index in [0.717, 1.165) is 27.5 Å². The Morgan fingerprint density at radius 3 is 2.84 bits per heavy atom. The topological polar surface area (TPSA) is 55.6 Å². The highest BCUT2D eigenvalue weighted by molar-refractivity contribution is 14.1. The van der Waals surface area contributed by atoms with Crippen LogP contribution in [0, 0.1) is 3.57 Å². The van der Waals surface area contributed by atoms with Gasteiger partial charge in [-0.25, -0.2) is 15.0 Å². The molecule has 0 spiro atoms. The Labute approximate surface area is 126 Å². The van der Waals surface area contributed by atoms with Gasteiger partial charge in [-0.15, -0.1) is 0 Å². The van der Waals surface area contributed by atoms with E-state index in [2.05, 4.69) is 49.4 Å². The van der Waals surface area contributed by atoms with Crippen molar-refractivity contribution in [1.82, 2.24) is 19.5 Å². The molecule has 6 heteroatoms. The Bertz CT molecular complexity index is 603. The third kappa shape index (κ3) is 2.33. The molecular weight excluding hydrogens is 353 g/mol. The van der Waals surface area contributed by atoms with Crippen LogP contribution in [-0.4, -0.2) is 26.6 Å². The van der Waals surface area contributed by atoms with Crippen LogP contribution in [-0.2, 0) is 6.54 Å². The first kappa shape index (κ1) is 12.8. The summed E-state index contributed by atoms with van der Waals surface area (Å²) in [4.78, 5) is 13.6. The quantitative estimate of drug-likeness (QED) is 0.843. The maximum atomic E-state index is 4.77. The molecule has 0 amide bonds. The van der Waals surface area contributed by atoms with Crippen LogP contribution in [0.15, 0.2) is 12.5 Å². The van der Waals surface area contributed by atoms with Gasteiger partial charge in [0, 0.05) is 19.5 Å². The van der Waals surface area contributed by atoms with Crippen LogP contribution >= 0.6 is 22.6 Å². The lowest BCUT2D eigenvalue weighted by Crippen LogP contribution is -2.06. The minimum Gasteiger partial charge on any atom is -0.372 e. The number of hydrogen-bond acceptors (Lipinski definition) is 4. The third-order valence-electron chi connectivity index (χ3n) is 3.36. The monoisotopic (exact) mass is 369 g/mol. The number of hydrogen-bond donors (Lipinski definition) is 1. The van der Waals surface area contributed by atoms with Gasteiger partial charge in [0.2, 0.25) is 0 Å². The normalized spacial score (nSPS) is 14.7. The molecule has 1 saturated carbocycles. The fourth-order valence-corrected chi connectivity index (χ4v) is 3.08. The molecule has 3 rings (SSSR count). The Morgan fingerprint density at radius 1 is 1.42 bits per heavy atom. The van der Waals surface area contributed by atoms with Gasteiger partial charge in [0.15, 0.2) is 5.82 Å². The van der Waals surface area contributed by atoms with E-state index in [1.165, 1.54) is 18.5 Å². The summed E-state index contributed by atoms with van der Waals surface area (Å²) in [7, 11) is 1.90. The third-order valence-corrected chi connectivity index (χ3v) is 4.42. The molecule has 0 atom stereocenters. The molecule has 0 aliphatic heterocycles. The number of rotatable bonds is 4. The molecule has 0 saturated heterocycles. The molecule has 1 N–H and O–H groups in total. The van der Waals surface area contributed by atoms with Crippen LogP contribution in [0.1, 0.15) is 31.4 Å². The fraction of sp³-hybridized carbons (Fsp3) is 0.462. The Morgan fingerprint density at radius 2 is 2.21 bits per heavy atom. The van der Waals surface area contributed by atoms with Gasteiger partial charge in [0.1, 0.15) is 11.5 Å². The minimum atomic E-state index is 0.610. The zero-order chi connectivity index (χ0) is 13.4. The van der Waals surface area contributed by atoms with Crippen LogP contribution in [0.5, 0.6) is 0 Å². The van der Waals surface area contributed by atoms with Crippen LogP contribution in [0.2, 0.25) is 0 Å². The van der Waals surface area contributed by atoms with Crippen LogP contribution in [0.4, 0.5) is 5.82 Å². The second-order valence-corrected chi connectivity index (χ2v) is 5.76. The zero-order valence-corrected chi connectivity index (χ0v) is 13.2. The highest BCUT2D eigenvalue weighted by atomic mass is 127. The van der Waals surface area contributed by atoms with Crippen molar-refractivity contribution in [3.63, 3.8) is 0 Å². The van der Waals surface area contributed by atoms with Gasteiger partial charge in [-0.3, -0.25) is 0 Å². The van der Waals surface area contributed by atoms with Crippen molar-refractivity contribution in [2.24, 2.45) is 0 Å². The van der Waals surface area contributed by atoms with E-state index >= 15 is 0 Å². The van der Waals surface area contributed by atoms with E-state index in [0.29, 0.717) is 5.92 Å². The largest absolute Gasteiger partial charge is 0.372 e. The average molecular weight is 369 g/mol. The zero-order valence-electron chi connectivity index (χ0n) is 11.0. The van der Waals surface area contributed by atoms with Gasteiger partial charge in [-0.05, 0) is 42.4 Å². The number of anilines is 1. The highest BCUT2D eigenvalue weighted by Crippen LogP contribution is 2.42. The van der Waals surface area contributed by atoms with E-state index in [-0.39, 0.29) is 0 Å². The molecule has 2 heterocycles. The second-order valence-electron chi connectivity index (χ2n) is 4.68. The van der Waals surface area contributed by atoms with Crippen molar-refractivity contribution in [3.8, 4) is 11.5 Å². The molecule has 100 valence electrons. The summed E-state index contributed by atoms with van der Waals surface area (Å²) in [5.41, 5.74) is 2.16. The summed E-state index contributed by atoms with van der Waals surface area (Å²) in [6.07, 6.45) is 6.14. The molecule has 2 aromatic heterocycles. The van der Waals surface area contributed by atoms with Gasteiger partial charge in [0.05, 0.1) is 21.8 Å². The molecule has 1 aliphatic carbocycles. The van der Waals surface area contributed by atoms with Gasteiger partial charge in [0.25, 0.3) is 0 Å². The first-order chi connectivity index (χ1) is 9.24. The lowest BCUT2D eigenvalue weighted by atomic mass is 10.2. The summed E-state index contributed by atoms with van der Waals surface area (Å²) in [6.45, 7) is 2.97. The molecule has 1 fully saturated rings. The minimum absolute atomic E-state index is 0.610. The van der Waals surface area contributed by atoms with Gasteiger partial charge in [-0.1, -0.05) is 0 Å². The number of halogens is 1. The van der Waals surface area contributed by atoms with Crippen molar-refractivity contribution < 1.29 is 0 Å².